The topological polar surface area (TPSA) is 73.3 Å². The van der Waals surface area contributed by atoms with Crippen LogP contribution in [0.15, 0.2) is 42.9 Å². The van der Waals surface area contributed by atoms with E-state index in [2.05, 4.69) is 15.3 Å². The van der Waals surface area contributed by atoms with E-state index >= 15 is 0 Å². The second kappa shape index (κ2) is 6.21. The monoisotopic (exact) mass is 287 g/mol. The van der Waals surface area contributed by atoms with Gasteiger partial charge in [-0.2, -0.15) is 0 Å². The van der Waals surface area contributed by atoms with Gasteiger partial charge >= 0.3 is 6.09 Å². The third kappa shape index (κ3) is 4.76. The van der Waals surface area contributed by atoms with Crippen molar-refractivity contribution in [2.75, 3.05) is 5.32 Å². The summed E-state index contributed by atoms with van der Waals surface area (Å²) in [7, 11) is 0. The van der Waals surface area contributed by atoms with Crippen molar-refractivity contribution in [1.82, 2.24) is 9.97 Å². The zero-order chi connectivity index (χ0) is 15.3. The molecule has 0 fully saturated rings. The summed E-state index contributed by atoms with van der Waals surface area (Å²) in [6, 6.07) is 8.68. The Morgan fingerprint density at radius 1 is 1.19 bits per heavy atom. The number of aromatic nitrogens is 2. The number of nitrogens with one attached hydrogen (secondary N) is 1. The molecule has 6 nitrogen and oxygen atoms in total. The molecule has 0 saturated heterocycles. The minimum absolute atomic E-state index is 0.392. The highest BCUT2D eigenvalue weighted by Gasteiger charge is 2.17. The quantitative estimate of drug-likeness (QED) is 0.933. The van der Waals surface area contributed by atoms with Gasteiger partial charge in [0.15, 0.2) is 5.75 Å². The van der Waals surface area contributed by atoms with Gasteiger partial charge in [-0.05, 0) is 32.9 Å². The third-order valence-electron chi connectivity index (χ3n) is 2.29. The minimum atomic E-state index is -0.563. The molecular weight excluding hydrogens is 270 g/mol. The summed E-state index contributed by atoms with van der Waals surface area (Å²) in [6.07, 6.45) is 2.42. The molecule has 0 aliphatic rings. The lowest BCUT2D eigenvalue weighted by atomic mass is 10.2. The van der Waals surface area contributed by atoms with Gasteiger partial charge in [0.25, 0.3) is 0 Å². The number of rotatable bonds is 3. The molecule has 6 heteroatoms. The summed E-state index contributed by atoms with van der Waals surface area (Å²) in [5, 5.41) is 2.66. The fraction of sp³-hybridized carbons (Fsp3) is 0.267. The van der Waals surface area contributed by atoms with Crippen molar-refractivity contribution >= 4 is 11.8 Å². The third-order valence-corrected chi connectivity index (χ3v) is 2.29. The zero-order valence-corrected chi connectivity index (χ0v) is 12.2. The number of carbonyl (C=O) groups excluding carboxylic acids is 1. The van der Waals surface area contributed by atoms with Crippen molar-refractivity contribution in [2.45, 2.75) is 26.4 Å². The lowest BCUT2D eigenvalue weighted by Crippen LogP contribution is -2.27. The van der Waals surface area contributed by atoms with Crippen molar-refractivity contribution in [1.29, 1.82) is 0 Å². The second-order valence-electron chi connectivity index (χ2n) is 5.27. The van der Waals surface area contributed by atoms with E-state index in [9.17, 15) is 4.79 Å². The summed E-state index contributed by atoms with van der Waals surface area (Å²) in [5.41, 5.74) is -0.0580. The number of amides is 1. The maximum atomic E-state index is 11.8. The van der Waals surface area contributed by atoms with Crippen LogP contribution >= 0.6 is 0 Å². The number of para-hydroxylation sites is 2. The molecule has 0 spiro atoms. The molecular formula is C15H17N3O3. The second-order valence-corrected chi connectivity index (χ2v) is 5.27. The Bertz CT molecular complexity index is 609. The Hall–Kier alpha value is -2.63. The van der Waals surface area contributed by atoms with Crippen LogP contribution in [0, 0.1) is 0 Å². The Labute approximate surface area is 123 Å². The number of ether oxygens (including phenoxy) is 2. The molecule has 0 radical (unpaired) electrons. The van der Waals surface area contributed by atoms with E-state index in [1.807, 2.05) is 0 Å². The highest BCUT2D eigenvalue weighted by molar-refractivity contribution is 5.87. The maximum Gasteiger partial charge on any atom is 0.412 e. The van der Waals surface area contributed by atoms with Crippen molar-refractivity contribution in [2.24, 2.45) is 0 Å². The van der Waals surface area contributed by atoms with Crippen LogP contribution in [0.2, 0.25) is 0 Å². The first-order chi connectivity index (χ1) is 9.94. The standard InChI is InChI=1S/C15H17N3O3/c1-15(2,3)21-14(19)18-11-6-4-5-7-12(11)20-13-8-9-16-10-17-13/h4-10H,1-3H3,(H,18,19). The highest BCUT2D eigenvalue weighted by atomic mass is 16.6. The first-order valence-electron chi connectivity index (χ1n) is 6.47. The van der Waals surface area contributed by atoms with E-state index in [1.54, 1.807) is 57.3 Å². The van der Waals surface area contributed by atoms with Gasteiger partial charge < -0.3 is 9.47 Å². The van der Waals surface area contributed by atoms with E-state index in [4.69, 9.17) is 9.47 Å². The van der Waals surface area contributed by atoms with Gasteiger partial charge in [-0.3, -0.25) is 5.32 Å². The number of carbonyl (C=O) groups is 1. The molecule has 1 N–H and O–H groups in total. The molecule has 2 aromatic rings. The molecule has 1 amide bonds. The van der Waals surface area contributed by atoms with Gasteiger partial charge in [0.2, 0.25) is 5.88 Å². The van der Waals surface area contributed by atoms with Crippen LogP contribution in [0.25, 0.3) is 0 Å². The molecule has 110 valence electrons. The molecule has 0 atom stereocenters. The highest BCUT2D eigenvalue weighted by Crippen LogP contribution is 2.28. The predicted octanol–water partition coefficient (Wildman–Crippen LogP) is 3.62. The van der Waals surface area contributed by atoms with E-state index in [0.29, 0.717) is 17.3 Å². The molecule has 0 bridgehead atoms. The molecule has 2 rings (SSSR count). The molecule has 0 saturated carbocycles. The molecule has 21 heavy (non-hydrogen) atoms. The van der Waals surface area contributed by atoms with E-state index < -0.39 is 11.7 Å². The molecule has 1 heterocycles. The van der Waals surface area contributed by atoms with Crippen molar-refractivity contribution in [3.05, 3.63) is 42.9 Å². The first-order valence-corrected chi connectivity index (χ1v) is 6.47. The van der Waals surface area contributed by atoms with Crippen LogP contribution in [-0.2, 0) is 4.74 Å². The van der Waals surface area contributed by atoms with Gasteiger partial charge in [-0.15, -0.1) is 0 Å². The summed E-state index contributed by atoms with van der Waals surface area (Å²) in [4.78, 5) is 19.6. The molecule has 0 aliphatic heterocycles. The number of nitrogens with zero attached hydrogens (tertiary/aromatic N) is 2. The number of hydrogen-bond acceptors (Lipinski definition) is 5. The summed E-state index contributed by atoms with van der Waals surface area (Å²) in [5.74, 6) is 0.866. The average Bonchev–Trinajstić information content (AvgIpc) is 2.40. The molecule has 0 aliphatic carbocycles. The number of hydrogen-bond donors (Lipinski definition) is 1. The van der Waals surface area contributed by atoms with E-state index in [1.165, 1.54) is 6.33 Å². The van der Waals surface area contributed by atoms with Crippen LogP contribution in [0.3, 0.4) is 0 Å². The van der Waals surface area contributed by atoms with Crippen LogP contribution in [0.5, 0.6) is 11.6 Å². The molecule has 1 aromatic carbocycles. The molecule has 1 aromatic heterocycles. The Morgan fingerprint density at radius 3 is 2.62 bits per heavy atom. The van der Waals surface area contributed by atoms with Gasteiger partial charge in [0, 0.05) is 12.3 Å². The van der Waals surface area contributed by atoms with Gasteiger partial charge in [0.1, 0.15) is 11.9 Å². The predicted molar refractivity (Wildman–Crippen MR) is 78.4 cm³/mol. The average molecular weight is 287 g/mol. The van der Waals surface area contributed by atoms with Crippen LogP contribution in [0.4, 0.5) is 10.5 Å². The Morgan fingerprint density at radius 2 is 1.95 bits per heavy atom. The van der Waals surface area contributed by atoms with E-state index in [-0.39, 0.29) is 0 Å². The van der Waals surface area contributed by atoms with Crippen molar-refractivity contribution < 1.29 is 14.3 Å². The van der Waals surface area contributed by atoms with Crippen LogP contribution in [-0.4, -0.2) is 21.7 Å². The Kier molecular flexibility index (Phi) is 4.37. The molecule has 0 unspecified atom stereocenters. The minimum Gasteiger partial charge on any atom is -0.444 e. The first kappa shape index (κ1) is 14.8. The number of anilines is 1. The van der Waals surface area contributed by atoms with Gasteiger partial charge in [-0.25, -0.2) is 14.8 Å². The summed E-state index contributed by atoms with van der Waals surface area (Å²) in [6.45, 7) is 5.40. The lowest BCUT2D eigenvalue weighted by molar-refractivity contribution is 0.0635. The summed E-state index contributed by atoms with van der Waals surface area (Å²) >= 11 is 0. The fourth-order valence-corrected chi connectivity index (χ4v) is 1.52. The Balaban J connectivity index is 2.12. The lowest BCUT2D eigenvalue weighted by Gasteiger charge is -2.20. The van der Waals surface area contributed by atoms with Crippen molar-refractivity contribution in [3.8, 4) is 11.6 Å². The SMILES string of the molecule is CC(C)(C)OC(=O)Nc1ccccc1Oc1ccncn1. The zero-order valence-electron chi connectivity index (χ0n) is 12.2. The van der Waals surface area contributed by atoms with Crippen molar-refractivity contribution in [3.63, 3.8) is 0 Å². The summed E-state index contributed by atoms with van der Waals surface area (Å²) < 4.78 is 10.8. The van der Waals surface area contributed by atoms with Crippen LogP contribution < -0.4 is 10.1 Å². The largest absolute Gasteiger partial charge is 0.444 e. The normalized spacial score (nSPS) is 10.8. The van der Waals surface area contributed by atoms with Crippen LogP contribution in [0.1, 0.15) is 20.8 Å². The fourth-order valence-electron chi connectivity index (χ4n) is 1.52. The van der Waals surface area contributed by atoms with E-state index in [0.717, 1.165) is 0 Å². The number of benzene rings is 1. The van der Waals surface area contributed by atoms with Gasteiger partial charge in [0.05, 0.1) is 5.69 Å². The maximum absolute atomic E-state index is 11.8. The van der Waals surface area contributed by atoms with Gasteiger partial charge in [-0.1, -0.05) is 12.1 Å². The smallest absolute Gasteiger partial charge is 0.412 e.